The zero-order valence-electron chi connectivity index (χ0n) is 14.1. The Morgan fingerprint density at radius 2 is 2.00 bits per heavy atom. The number of carbonyl (C=O) groups excluding carboxylic acids is 2. The summed E-state index contributed by atoms with van der Waals surface area (Å²) in [6.45, 7) is 4.22. The highest BCUT2D eigenvalue weighted by Crippen LogP contribution is 2.44. The van der Waals surface area contributed by atoms with E-state index in [4.69, 9.17) is 0 Å². The molecular weight excluding hydrogens is 326 g/mol. The van der Waals surface area contributed by atoms with Crippen molar-refractivity contribution < 1.29 is 9.59 Å². The van der Waals surface area contributed by atoms with Crippen molar-refractivity contribution in [3.8, 4) is 0 Å². The van der Waals surface area contributed by atoms with Gasteiger partial charge in [-0.3, -0.25) is 9.59 Å². The minimum Gasteiger partial charge on any atom is -0.352 e. The highest BCUT2D eigenvalue weighted by Gasteiger charge is 2.49. The molecule has 0 radical (unpaired) electrons. The van der Waals surface area contributed by atoms with Crippen LogP contribution in [0.5, 0.6) is 0 Å². The van der Waals surface area contributed by atoms with E-state index in [1.807, 2.05) is 6.92 Å². The molecule has 132 valence electrons. The fourth-order valence-electron chi connectivity index (χ4n) is 3.91. The fourth-order valence-corrected chi connectivity index (χ4v) is 3.91. The van der Waals surface area contributed by atoms with Crippen molar-refractivity contribution in [1.82, 2.24) is 10.6 Å². The number of benzene rings is 1. The molecule has 3 N–H and O–H groups in total. The van der Waals surface area contributed by atoms with Crippen molar-refractivity contribution in [1.29, 1.82) is 0 Å². The van der Waals surface area contributed by atoms with E-state index in [9.17, 15) is 9.59 Å². The van der Waals surface area contributed by atoms with Crippen LogP contribution in [0.25, 0.3) is 0 Å². The highest BCUT2D eigenvalue weighted by molar-refractivity contribution is 5.98. The first-order chi connectivity index (χ1) is 11.2. The van der Waals surface area contributed by atoms with Crippen molar-refractivity contribution in [3.05, 3.63) is 29.8 Å². The van der Waals surface area contributed by atoms with Gasteiger partial charge in [0.25, 0.3) is 5.91 Å². The van der Waals surface area contributed by atoms with Crippen LogP contribution in [0.15, 0.2) is 24.3 Å². The molecule has 2 aliphatic rings. The van der Waals surface area contributed by atoms with Gasteiger partial charge in [-0.05, 0) is 56.5 Å². The van der Waals surface area contributed by atoms with Crippen LogP contribution < -0.4 is 16.0 Å². The lowest BCUT2D eigenvalue weighted by atomic mass is 9.67. The number of hydrogen-bond donors (Lipinski definition) is 3. The van der Waals surface area contributed by atoms with Crippen molar-refractivity contribution in [2.75, 3.05) is 25.0 Å². The number of hydrogen-bond acceptors (Lipinski definition) is 3. The van der Waals surface area contributed by atoms with Crippen molar-refractivity contribution in [3.63, 3.8) is 0 Å². The summed E-state index contributed by atoms with van der Waals surface area (Å²) in [5, 5.41) is 9.23. The molecule has 0 spiro atoms. The van der Waals surface area contributed by atoms with Crippen LogP contribution in [-0.2, 0) is 4.79 Å². The van der Waals surface area contributed by atoms with Gasteiger partial charge >= 0.3 is 0 Å². The maximum Gasteiger partial charge on any atom is 0.251 e. The lowest BCUT2D eigenvalue weighted by molar-refractivity contribution is -0.128. The molecule has 6 heteroatoms. The molecule has 0 bridgehead atoms. The van der Waals surface area contributed by atoms with Crippen LogP contribution in [0.4, 0.5) is 5.69 Å². The van der Waals surface area contributed by atoms with Gasteiger partial charge in [0.1, 0.15) is 0 Å². The molecule has 1 saturated heterocycles. The lowest BCUT2D eigenvalue weighted by Crippen LogP contribution is -2.44. The molecule has 0 aromatic heterocycles. The number of fused-ring (bicyclic) bond motifs is 1. The minimum atomic E-state index is -0.253. The first-order valence-corrected chi connectivity index (χ1v) is 8.56. The van der Waals surface area contributed by atoms with Crippen molar-refractivity contribution in [2.45, 2.75) is 32.6 Å². The summed E-state index contributed by atoms with van der Waals surface area (Å²) in [5.74, 6) is 0.486. The van der Waals surface area contributed by atoms with Gasteiger partial charge in [-0.25, -0.2) is 0 Å². The van der Waals surface area contributed by atoms with Gasteiger partial charge in [-0.1, -0.05) is 12.8 Å². The maximum atomic E-state index is 12.9. The zero-order chi connectivity index (χ0) is 16.3. The second-order valence-electron chi connectivity index (χ2n) is 6.62. The zero-order valence-corrected chi connectivity index (χ0v) is 14.9. The van der Waals surface area contributed by atoms with Crippen molar-refractivity contribution in [2.24, 2.45) is 11.3 Å². The summed E-state index contributed by atoms with van der Waals surface area (Å²) in [7, 11) is 0. The average molecular weight is 352 g/mol. The third-order valence-corrected chi connectivity index (χ3v) is 5.23. The van der Waals surface area contributed by atoms with Crippen LogP contribution >= 0.6 is 12.4 Å². The molecule has 1 aromatic carbocycles. The van der Waals surface area contributed by atoms with Gasteiger partial charge in [0.2, 0.25) is 5.91 Å². The molecule has 1 aromatic rings. The Kier molecular flexibility index (Phi) is 6.24. The topological polar surface area (TPSA) is 70.2 Å². The van der Waals surface area contributed by atoms with Crippen LogP contribution in [0.1, 0.15) is 43.0 Å². The highest BCUT2D eigenvalue weighted by atomic mass is 35.5. The van der Waals surface area contributed by atoms with Crippen molar-refractivity contribution >= 4 is 29.9 Å². The van der Waals surface area contributed by atoms with E-state index >= 15 is 0 Å². The van der Waals surface area contributed by atoms with E-state index in [2.05, 4.69) is 16.0 Å². The van der Waals surface area contributed by atoms with E-state index < -0.39 is 0 Å². The molecule has 2 atom stereocenters. The minimum absolute atomic E-state index is 0. The van der Waals surface area contributed by atoms with E-state index in [1.54, 1.807) is 24.3 Å². The molecule has 3 rings (SSSR count). The third-order valence-electron chi connectivity index (χ3n) is 5.23. The second-order valence-corrected chi connectivity index (χ2v) is 6.62. The summed E-state index contributed by atoms with van der Waals surface area (Å²) >= 11 is 0. The van der Waals surface area contributed by atoms with Gasteiger partial charge in [-0.15, -0.1) is 12.4 Å². The molecule has 1 saturated carbocycles. The summed E-state index contributed by atoms with van der Waals surface area (Å²) in [6.07, 6.45) is 4.45. The summed E-state index contributed by atoms with van der Waals surface area (Å²) in [4.78, 5) is 24.6. The first kappa shape index (κ1) is 18.7. The Hall–Kier alpha value is -1.59. The normalized spacial score (nSPS) is 25.3. The Morgan fingerprint density at radius 1 is 1.25 bits per heavy atom. The van der Waals surface area contributed by atoms with Crippen LogP contribution in [0, 0.1) is 11.3 Å². The molecule has 1 aliphatic heterocycles. The lowest BCUT2D eigenvalue weighted by Gasteiger charge is -2.37. The molecule has 1 heterocycles. The van der Waals surface area contributed by atoms with Gasteiger partial charge in [0.15, 0.2) is 0 Å². The quantitative estimate of drug-likeness (QED) is 0.780. The smallest absolute Gasteiger partial charge is 0.251 e. The second kappa shape index (κ2) is 7.99. The number of amides is 2. The summed E-state index contributed by atoms with van der Waals surface area (Å²) in [5.41, 5.74) is 1.12. The van der Waals surface area contributed by atoms with Gasteiger partial charge in [0, 0.05) is 24.3 Å². The molecular formula is C18H26ClN3O2. The third kappa shape index (κ3) is 3.57. The van der Waals surface area contributed by atoms with Crippen LogP contribution in [-0.4, -0.2) is 31.4 Å². The number of halogens is 1. The van der Waals surface area contributed by atoms with E-state index in [0.29, 0.717) is 18.0 Å². The average Bonchev–Trinajstić information content (AvgIpc) is 3.01. The number of rotatable bonds is 4. The predicted octanol–water partition coefficient (Wildman–Crippen LogP) is 2.58. The van der Waals surface area contributed by atoms with Crippen LogP contribution in [0.2, 0.25) is 0 Å². The summed E-state index contributed by atoms with van der Waals surface area (Å²) < 4.78 is 0. The molecule has 2 amide bonds. The van der Waals surface area contributed by atoms with Gasteiger partial charge in [-0.2, -0.15) is 0 Å². The Labute approximate surface area is 149 Å². The number of carbonyl (C=O) groups is 2. The maximum absolute atomic E-state index is 12.9. The standard InChI is InChI=1S/C18H25N3O2.ClH/c1-2-20-16(22)13-6-8-15(9-7-13)21-17(23)18-10-4-3-5-14(18)11-19-12-18;/h6-9,14,19H,2-5,10-12H2,1H3,(H,20,22)(H,21,23);1H/t14-,18+;/m0./s1. The molecule has 5 nitrogen and oxygen atoms in total. The van der Waals surface area contributed by atoms with E-state index in [-0.39, 0.29) is 29.6 Å². The monoisotopic (exact) mass is 351 g/mol. The predicted molar refractivity (Wildman–Crippen MR) is 97.6 cm³/mol. The number of anilines is 1. The molecule has 1 aliphatic carbocycles. The summed E-state index contributed by atoms with van der Waals surface area (Å²) in [6, 6.07) is 7.12. The van der Waals surface area contributed by atoms with Gasteiger partial charge < -0.3 is 16.0 Å². The molecule has 2 fully saturated rings. The Balaban J connectivity index is 0.00000208. The Morgan fingerprint density at radius 3 is 2.71 bits per heavy atom. The SMILES string of the molecule is CCNC(=O)c1ccc(NC(=O)[C@@]23CCCC[C@H]2CNC3)cc1.Cl. The Bertz CT molecular complexity index is 590. The number of nitrogens with one attached hydrogen (secondary N) is 3. The molecule has 24 heavy (non-hydrogen) atoms. The largest absolute Gasteiger partial charge is 0.352 e. The van der Waals surface area contributed by atoms with Gasteiger partial charge in [0.05, 0.1) is 5.41 Å². The fraction of sp³-hybridized carbons (Fsp3) is 0.556. The van der Waals surface area contributed by atoms with Crippen LogP contribution in [0.3, 0.4) is 0 Å². The first-order valence-electron chi connectivity index (χ1n) is 8.56. The molecule has 0 unspecified atom stereocenters. The van der Waals surface area contributed by atoms with E-state index in [1.165, 1.54) is 6.42 Å². The van der Waals surface area contributed by atoms with E-state index in [0.717, 1.165) is 38.0 Å².